The summed E-state index contributed by atoms with van der Waals surface area (Å²) in [4.78, 5) is 23.9. The molecule has 0 aliphatic carbocycles. The molecule has 21 heavy (non-hydrogen) atoms. The number of carbonyl (C=O) groups is 1. The van der Waals surface area contributed by atoms with Gasteiger partial charge in [-0.25, -0.2) is 10.2 Å². The maximum atomic E-state index is 12.0. The average molecular weight is 290 g/mol. The SMILES string of the molecule is COc1ccc2cc(C(=O)NNC(C)(C)C)c(=O)oc2c1. The van der Waals surface area contributed by atoms with Crippen LogP contribution >= 0.6 is 0 Å². The molecule has 6 heteroatoms. The molecule has 2 aromatic rings. The number of methoxy groups -OCH3 is 1. The van der Waals surface area contributed by atoms with Gasteiger partial charge in [-0.05, 0) is 39.0 Å². The molecular weight excluding hydrogens is 272 g/mol. The predicted molar refractivity (Wildman–Crippen MR) is 79.4 cm³/mol. The normalized spacial score (nSPS) is 11.4. The lowest BCUT2D eigenvalue weighted by Gasteiger charge is -2.20. The van der Waals surface area contributed by atoms with Crippen molar-refractivity contribution >= 4 is 16.9 Å². The smallest absolute Gasteiger partial charge is 0.349 e. The number of hydrogen-bond donors (Lipinski definition) is 2. The third-order valence-electron chi connectivity index (χ3n) is 2.74. The number of amides is 1. The van der Waals surface area contributed by atoms with Crippen molar-refractivity contribution in [2.75, 3.05) is 7.11 Å². The van der Waals surface area contributed by atoms with Crippen molar-refractivity contribution in [2.45, 2.75) is 26.3 Å². The fourth-order valence-corrected chi connectivity index (χ4v) is 1.69. The highest BCUT2D eigenvalue weighted by Gasteiger charge is 2.16. The van der Waals surface area contributed by atoms with E-state index in [0.717, 1.165) is 0 Å². The molecule has 1 aromatic heterocycles. The van der Waals surface area contributed by atoms with Crippen LogP contribution in [0.25, 0.3) is 11.0 Å². The minimum atomic E-state index is -0.691. The highest BCUT2D eigenvalue weighted by Crippen LogP contribution is 2.20. The Bertz CT molecular complexity index is 729. The van der Waals surface area contributed by atoms with E-state index in [1.807, 2.05) is 20.8 Å². The number of rotatable bonds is 3. The van der Waals surface area contributed by atoms with E-state index in [1.165, 1.54) is 13.2 Å². The maximum Gasteiger partial charge on any atom is 0.349 e. The van der Waals surface area contributed by atoms with Gasteiger partial charge in [-0.1, -0.05) is 0 Å². The second-order valence-corrected chi connectivity index (χ2v) is 5.68. The molecule has 0 aliphatic rings. The number of hydrogen-bond acceptors (Lipinski definition) is 5. The van der Waals surface area contributed by atoms with Gasteiger partial charge in [-0.2, -0.15) is 0 Å². The summed E-state index contributed by atoms with van der Waals surface area (Å²) in [7, 11) is 1.53. The van der Waals surface area contributed by atoms with Gasteiger partial charge in [-0.3, -0.25) is 10.2 Å². The van der Waals surface area contributed by atoms with E-state index < -0.39 is 11.5 Å². The average Bonchev–Trinajstić information content (AvgIpc) is 2.42. The van der Waals surface area contributed by atoms with Crippen molar-refractivity contribution in [1.82, 2.24) is 10.9 Å². The second-order valence-electron chi connectivity index (χ2n) is 5.68. The highest BCUT2D eigenvalue weighted by molar-refractivity contribution is 5.96. The van der Waals surface area contributed by atoms with E-state index in [1.54, 1.807) is 18.2 Å². The largest absolute Gasteiger partial charge is 0.497 e. The van der Waals surface area contributed by atoms with E-state index in [2.05, 4.69) is 10.9 Å². The molecular formula is C15H18N2O4. The number of fused-ring (bicyclic) bond motifs is 1. The minimum Gasteiger partial charge on any atom is -0.497 e. The summed E-state index contributed by atoms with van der Waals surface area (Å²) in [5, 5.41) is 0.649. The van der Waals surface area contributed by atoms with Gasteiger partial charge in [0.05, 0.1) is 7.11 Å². The van der Waals surface area contributed by atoms with Gasteiger partial charge in [0.2, 0.25) is 0 Å². The molecule has 0 radical (unpaired) electrons. The standard InChI is InChI=1S/C15H18N2O4/c1-15(2,3)17-16-13(18)11-7-9-5-6-10(20-4)8-12(9)21-14(11)19/h5-8,17H,1-4H3,(H,16,18). The van der Waals surface area contributed by atoms with E-state index in [-0.39, 0.29) is 11.1 Å². The van der Waals surface area contributed by atoms with Crippen LogP contribution in [0.4, 0.5) is 0 Å². The van der Waals surface area contributed by atoms with Crippen LogP contribution in [0.3, 0.4) is 0 Å². The molecule has 112 valence electrons. The molecule has 0 saturated heterocycles. The van der Waals surface area contributed by atoms with Crippen LogP contribution in [-0.2, 0) is 0 Å². The zero-order chi connectivity index (χ0) is 15.6. The van der Waals surface area contributed by atoms with Gasteiger partial charge in [0, 0.05) is 17.0 Å². The van der Waals surface area contributed by atoms with Crippen LogP contribution in [0, 0.1) is 0 Å². The third kappa shape index (κ3) is 3.61. The topological polar surface area (TPSA) is 80.6 Å². The molecule has 1 heterocycles. The molecule has 0 unspecified atom stereocenters. The Morgan fingerprint density at radius 3 is 2.57 bits per heavy atom. The maximum absolute atomic E-state index is 12.0. The van der Waals surface area contributed by atoms with Gasteiger partial charge in [-0.15, -0.1) is 0 Å². The fourth-order valence-electron chi connectivity index (χ4n) is 1.69. The lowest BCUT2D eigenvalue weighted by Crippen LogP contribution is -2.49. The van der Waals surface area contributed by atoms with Crippen LogP contribution in [0.1, 0.15) is 31.1 Å². The Morgan fingerprint density at radius 1 is 1.24 bits per heavy atom. The van der Waals surface area contributed by atoms with E-state index >= 15 is 0 Å². The van der Waals surface area contributed by atoms with Crippen molar-refractivity contribution in [3.63, 3.8) is 0 Å². The lowest BCUT2D eigenvalue weighted by atomic mass is 10.1. The Kier molecular flexibility index (Phi) is 3.99. The van der Waals surface area contributed by atoms with Gasteiger partial charge >= 0.3 is 5.63 Å². The van der Waals surface area contributed by atoms with Crippen LogP contribution in [0.2, 0.25) is 0 Å². The molecule has 6 nitrogen and oxygen atoms in total. The Hall–Kier alpha value is -2.34. The highest BCUT2D eigenvalue weighted by atomic mass is 16.5. The third-order valence-corrected chi connectivity index (χ3v) is 2.74. The molecule has 2 N–H and O–H groups in total. The van der Waals surface area contributed by atoms with Crippen LogP contribution in [-0.4, -0.2) is 18.6 Å². The number of ether oxygens (including phenoxy) is 1. The number of nitrogens with one attached hydrogen (secondary N) is 2. The van der Waals surface area contributed by atoms with Crippen LogP contribution < -0.4 is 21.2 Å². The molecule has 1 aromatic carbocycles. The van der Waals surface area contributed by atoms with Gasteiger partial charge in [0.25, 0.3) is 5.91 Å². The minimum absolute atomic E-state index is 0.0515. The van der Waals surface area contributed by atoms with E-state index in [4.69, 9.17) is 9.15 Å². The molecule has 0 saturated carbocycles. The Labute approximate surface area is 122 Å². The summed E-state index contributed by atoms with van der Waals surface area (Å²) < 4.78 is 10.2. The lowest BCUT2D eigenvalue weighted by molar-refractivity contribution is 0.0911. The first-order valence-electron chi connectivity index (χ1n) is 6.49. The van der Waals surface area contributed by atoms with Crippen molar-refractivity contribution in [1.29, 1.82) is 0 Å². The second kappa shape index (κ2) is 5.57. The Balaban J connectivity index is 2.35. The molecule has 0 bridgehead atoms. The van der Waals surface area contributed by atoms with Gasteiger partial charge in [0.15, 0.2) is 0 Å². The first-order chi connectivity index (χ1) is 9.80. The summed E-state index contributed by atoms with van der Waals surface area (Å²) in [6.07, 6.45) is 0. The van der Waals surface area contributed by atoms with Crippen molar-refractivity contribution in [2.24, 2.45) is 0 Å². The monoisotopic (exact) mass is 290 g/mol. The Morgan fingerprint density at radius 2 is 1.95 bits per heavy atom. The molecule has 2 rings (SSSR count). The zero-order valence-corrected chi connectivity index (χ0v) is 12.4. The number of carbonyl (C=O) groups excluding carboxylic acids is 1. The molecule has 0 spiro atoms. The van der Waals surface area contributed by atoms with Crippen LogP contribution in [0.15, 0.2) is 33.5 Å². The summed E-state index contributed by atoms with van der Waals surface area (Å²) in [6, 6.07) is 6.56. The molecule has 0 aliphatic heterocycles. The number of hydrazine groups is 1. The summed E-state index contributed by atoms with van der Waals surface area (Å²) in [5.41, 5.74) is 4.63. The van der Waals surface area contributed by atoms with E-state index in [0.29, 0.717) is 16.7 Å². The van der Waals surface area contributed by atoms with Crippen molar-refractivity contribution in [3.05, 3.63) is 40.2 Å². The van der Waals surface area contributed by atoms with Crippen molar-refractivity contribution in [3.8, 4) is 5.75 Å². The van der Waals surface area contributed by atoms with Gasteiger partial charge < -0.3 is 9.15 Å². The van der Waals surface area contributed by atoms with Crippen LogP contribution in [0.5, 0.6) is 5.75 Å². The van der Waals surface area contributed by atoms with Gasteiger partial charge in [0.1, 0.15) is 16.9 Å². The van der Waals surface area contributed by atoms with E-state index in [9.17, 15) is 9.59 Å². The molecule has 0 atom stereocenters. The van der Waals surface area contributed by atoms with Crippen molar-refractivity contribution < 1.29 is 13.9 Å². The zero-order valence-electron chi connectivity index (χ0n) is 12.4. The molecule has 1 amide bonds. The first kappa shape index (κ1) is 15.1. The number of benzene rings is 1. The first-order valence-corrected chi connectivity index (χ1v) is 6.49. The fraction of sp³-hybridized carbons (Fsp3) is 0.333. The molecule has 0 fully saturated rings. The summed E-state index contributed by atoms with van der Waals surface area (Å²) in [5.74, 6) is 0.0497. The summed E-state index contributed by atoms with van der Waals surface area (Å²) >= 11 is 0. The summed E-state index contributed by atoms with van der Waals surface area (Å²) in [6.45, 7) is 5.67. The quantitative estimate of drug-likeness (QED) is 0.666. The predicted octanol–water partition coefficient (Wildman–Crippen LogP) is 1.83.